The zero-order chi connectivity index (χ0) is 22.6. The molecule has 0 atom stereocenters. The van der Waals surface area contributed by atoms with E-state index in [1.165, 1.54) is 12.1 Å². The summed E-state index contributed by atoms with van der Waals surface area (Å²) in [6.07, 6.45) is 3.51. The number of halogens is 6. The van der Waals surface area contributed by atoms with E-state index < -0.39 is 29.2 Å². The van der Waals surface area contributed by atoms with E-state index in [-0.39, 0.29) is 23.1 Å². The predicted octanol–water partition coefficient (Wildman–Crippen LogP) is 8.59. The van der Waals surface area contributed by atoms with Crippen LogP contribution in [-0.4, -0.2) is 6.18 Å². The number of alkyl halides is 3. The Morgan fingerprint density at radius 1 is 0.903 bits per heavy atom. The van der Waals surface area contributed by atoms with Gasteiger partial charge < -0.3 is 0 Å². The first-order chi connectivity index (χ1) is 14.7. The van der Waals surface area contributed by atoms with Crippen molar-refractivity contribution in [2.75, 3.05) is 0 Å². The molecule has 1 aliphatic rings. The van der Waals surface area contributed by atoms with Gasteiger partial charge in [-0.15, -0.1) is 6.58 Å². The highest BCUT2D eigenvalue weighted by Gasteiger charge is 2.24. The Labute approximate surface area is 178 Å². The number of allylic oxidation sites excluding steroid dienone is 2. The van der Waals surface area contributed by atoms with Gasteiger partial charge in [0.1, 0.15) is 17.5 Å². The van der Waals surface area contributed by atoms with Crippen LogP contribution in [0.3, 0.4) is 0 Å². The molecule has 0 N–H and O–H groups in total. The molecular formula is C25H24F6. The Morgan fingerprint density at radius 3 is 2.10 bits per heavy atom. The Kier molecular flexibility index (Phi) is 7.29. The van der Waals surface area contributed by atoms with E-state index in [9.17, 15) is 26.3 Å². The third kappa shape index (κ3) is 6.02. The van der Waals surface area contributed by atoms with E-state index in [0.717, 1.165) is 56.2 Å². The monoisotopic (exact) mass is 438 g/mol. The summed E-state index contributed by atoms with van der Waals surface area (Å²) in [6.45, 7) is 3.75. The summed E-state index contributed by atoms with van der Waals surface area (Å²) >= 11 is 0. The van der Waals surface area contributed by atoms with Gasteiger partial charge in [0.05, 0.1) is 0 Å². The molecule has 166 valence electrons. The Hall–Kier alpha value is -2.50. The van der Waals surface area contributed by atoms with Gasteiger partial charge in [-0.3, -0.25) is 0 Å². The summed E-state index contributed by atoms with van der Waals surface area (Å²) in [6, 6.07) is 6.34. The molecule has 2 aromatic carbocycles. The van der Waals surface area contributed by atoms with Gasteiger partial charge >= 0.3 is 6.18 Å². The van der Waals surface area contributed by atoms with E-state index in [1.54, 1.807) is 6.07 Å². The molecule has 1 aliphatic carbocycles. The lowest BCUT2D eigenvalue weighted by atomic mass is 9.77. The Morgan fingerprint density at radius 2 is 1.55 bits per heavy atom. The maximum Gasteiger partial charge on any atom is 0.409 e. The molecular weight excluding hydrogens is 414 g/mol. The molecule has 0 aliphatic heterocycles. The summed E-state index contributed by atoms with van der Waals surface area (Å²) in [4.78, 5) is 0. The minimum absolute atomic E-state index is 0.00701. The first-order valence-electron chi connectivity index (χ1n) is 10.3. The smallest absolute Gasteiger partial charge is 0.206 e. The van der Waals surface area contributed by atoms with Crippen molar-refractivity contribution in [2.45, 2.75) is 50.6 Å². The Bertz CT molecular complexity index is 926. The molecule has 3 rings (SSSR count). The number of benzene rings is 2. The van der Waals surface area contributed by atoms with Crippen molar-refractivity contribution < 1.29 is 26.3 Å². The molecule has 2 aromatic rings. The molecule has 1 saturated carbocycles. The largest absolute Gasteiger partial charge is 0.409 e. The standard InChI is InChI=1S/C25H24F6/c1-2-3-4-16-5-7-17(8-6-16)18-9-10-20(22(26)13-18)19-14-23(27)21(24(28)15-19)11-12-25(29,30)31/h2,9-17H,1,3-8H2. The summed E-state index contributed by atoms with van der Waals surface area (Å²) < 4.78 is 80.1. The summed E-state index contributed by atoms with van der Waals surface area (Å²) in [5.74, 6) is -2.07. The molecule has 0 nitrogen and oxygen atoms in total. The third-order valence-electron chi connectivity index (χ3n) is 5.92. The topological polar surface area (TPSA) is 0 Å². The van der Waals surface area contributed by atoms with Crippen LogP contribution in [-0.2, 0) is 0 Å². The molecule has 0 spiro atoms. The highest BCUT2D eigenvalue weighted by molar-refractivity contribution is 5.67. The highest BCUT2D eigenvalue weighted by atomic mass is 19.4. The van der Waals surface area contributed by atoms with Crippen LogP contribution in [0.1, 0.15) is 55.6 Å². The fraction of sp³-hybridized carbons (Fsp3) is 0.360. The van der Waals surface area contributed by atoms with Crippen molar-refractivity contribution in [2.24, 2.45) is 5.92 Å². The number of hydrogen-bond donors (Lipinski definition) is 0. The second kappa shape index (κ2) is 9.75. The third-order valence-corrected chi connectivity index (χ3v) is 5.92. The minimum atomic E-state index is -4.69. The van der Waals surface area contributed by atoms with Gasteiger partial charge in [-0.25, -0.2) is 13.2 Å². The van der Waals surface area contributed by atoms with Crippen molar-refractivity contribution in [1.82, 2.24) is 0 Å². The van der Waals surface area contributed by atoms with Gasteiger partial charge in [-0.1, -0.05) is 18.2 Å². The van der Waals surface area contributed by atoms with Crippen molar-refractivity contribution in [3.8, 4) is 11.1 Å². The van der Waals surface area contributed by atoms with Gasteiger partial charge in [0.2, 0.25) is 0 Å². The van der Waals surface area contributed by atoms with Crippen LogP contribution in [0.25, 0.3) is 17.2 Å². The molecule has 0 unspecified atom stereocenters. The van der Waals surface area contributed by atoms with Crippen LogP contribution in [0.4, 0.5) is 26.3 Å². The first kappa shape index (κ1) is 23.2. The molecule has 0 radical (unpaired) electrons. The fourth-order valence-electron chi connectivity index (χ4n) is 4.23. The quantitative estimate of drug-likeness (QED) is 0.313. The fourth-order valence-corrected chi connectivity index (χ4v) is 4.23. The van der Waals surface area contributed by atoms with E-state index >= 15 is 0 Å². The van der Waals surface area contributed by atoms with Crippen LogP contribution in [0.15, 0.2) is 49.1 Å². The van der Waals surface area contributed by atoms with Crippen molar-refractivity contribution in [1.29, 1.82) is 0 Å². The van der Waals surface area contributed by atoms with Crippen molar-refractivity contribution >= 4 is 6.08 Å². The highest BCUT2D eigenvalue weighted by Crippen LogP contribution is 2.39. The lowest BCUT2D eigenvalue weighted by Gasteiger charge is -2.28. The second-order valence-electron chi connectivity index (χ2n) is 8.05. The first-order valence-corrected chi connectivity index (χ1v) is 10.3. The molecule has 1 fully saturated rings. The molecule has 0 bridgehead atoms. The summed E-state index contributed by atoms with van der Waals surface area (Å²) in [5, 5.41) is 0. The van der Waals surface area contributed by atoms with E-state index in [2.05, 4.69) is 6.58 Å². The van der Waals surface area contributed by atoms with Crippen LogP contribution in [0, 0.1) is 23.4 Å². The van der Waals surface area contributed by atoms with Crippen LogP contribution in [0.5, 0.6) is 0 Å². The van der Waals surface area contributed by atoms with Crippen LogP contribution >= 0.6 is 0 Å². The normalized spacial score (nSPS) is 19.7. The maximum atomic E-state index is 14.8. The van der Waals surface area contributed by atoms with Gasteiger partial charge in [0, 0.05) is 17.2 Å². The summed E-state index contributed by atoms with van der Waals surface area (Å²) in [7, 11) is 0. The average molecular weight is 438 g/mol. The van der Waals surface area contributed by atoms with Gasteiger partial charge in [0.25, 0.3) is 0 Å². The van der Waals surface area contributed by atoms with Crippen molar-refractivity contribution in [3.05, 3.63) is 77.6 Å². The average Bonchev–Trinajstić information content (AvgIpc) is 2.71. The number of hydrogen-bond acceptors (Lipinski definition) is 0. The van der Waals surface area contributed by atoms with Gasteiger partial charge in [-0.05, 0) is 85.8 Å². The molecule has 0 saturated heterocycles. The minimum Gasteiger partial charge on any atom is -0.206 e. The zero-order valence-corrected chi connectivity index (χ0v) is 17.0. The second-order valence-corrected chi connectivity index (χ2v) is 8.05. The van der Waals surface area contributed by atoms with E-state index in [1.807, 2.05) is 6.08 Å². The SMILES string of the molecule is C=CCCC1CCC(c2ccc(-c3cc(F)c(C=CC(F)(F)F)c(F)c3)c(F)c2)CC1. The lowest BCUT2D eigenvalue weighted by molar-refractivity contribution is -0.0790. The van der Waals surface area contributed by atoms with Gasteiger partial charge in [0.15, 0.2) is 0 Å². The van der Waals surface area contributed by atoms with Crippen molar-refractivity contribution in [3.63, 3.8) is 0 Å². The maximum absolute atomic E-state index is 14.8. The molecule has 31 heavy (non-hydrogen) atoms. The van der Waals surface area contributed by atoms with Gasteiger partial charge in [-0.2, -0.15) is 13.2 Å². The zero-order valence-electron chi connectivity index (χ0n) is 17.0. The molecule has 0 aromatic heterocycles. The number of rotatable bonds is 6. The summed E-state index contributed by atoms with van der Waals surface area (Å²) in [5.41, 5.74) is -0.00988. The Balaban J connectivity index is 1.77. The van der Waals surface area contributed by atoms with E-state index in [4.69, 9.17) is 0 Å². The predicted molar refractivity (Wildman–Crippen MR) is 111 cm³/mol. The lowest BCUT2D eigenvalue weighted by Crippen LogP contribution is -2.13. The van der Waals surface area contributed by atoms with E-state index in [0.29, 0.717) is 12.0 Å². The molecule has 6 heteroatoms. The van der Waals surface area contributed by atoms with Crippen LogP contribution < -0.4 is 0 Å². The van der Waals surface area contributed by atoms with Crippen LogP contribution in [0.2, 0.25) is 0 Å². The molecule has 0 amide bonds. The molecule has 0 heterocycles.